The highest BCUT2D eigenvalue weighted by atomic mass is 19.1. The van der Waals surface area contributed by atoms with Crippen LogP contribution < -0.4 is 4.90 Å². The maximum atomic E-state index is 13.5. The van der Waals surface area contributed by atoms with Gasteiger partial charge in [-0.2, -0.15) is 0 Å². The molecular formula is C24H19FN2O3. The molecule has 5 rings (SSSR count). The first-order valence-electron chi connectivity index (χ1n) is 9.88. The molecule has 3 heterocycles. The molecule has 5 nitrogen and oxygen atoms in total. The van der Waals surface area contributed by atoms with Crippen LogP contribution in [0.5, 0.6) is 0 Å². The first-order valence-corrected chi connectivity index (χ1v) is 9.88. The Kier molecular flexibility index (Phi) is 4.47. The average Bonchev–Trinajstić information content (AvgIpc) is 3.36. The molecule has 150 valence electrons. The van der Waals surface area contributed by atoms with E-state index in [-0.39, 0.29) is 12.5 Å². The quantitative estimate of drug-likeness (QED) is 0.615. The molecule has 1 aromatic heterocycles. The Morgan fingerprint density at radius 1 is 0.933 bits per heavy atom. The molecule has 2 aliphatic heterocycles. The van der Waals surface area contributed by atoms with Crippen molar-refractivity contribution in [1.29, 1.82) is 0 Å². The number of imide groups is 1. The summed E-state index contributed by atoms with van der Waals surface area (Å²) >= 11 is 0. The molecular weight excluding hydrogens is 383 g/mol. The Morgan fingerprint density at radius 3 is 2.50 bits per heavy atom. The molecule has 0 bridgehead atoms. The number of benzene rings is 2. The van der Waals surface area contributed by atoms with Gasteiger partial charge in [0.15, 0.2) is 0 Å². The van der Waals surface area contributed by atoms with Gasteiger partial charge < -0.3 is 9.32 Å². The maximum absolute atomic E-state index is 13.5. The Bertz CT molecular complexity index is 1150. The van der Waals surface area contributed by atoms with E-state index in [1.165, 1.54) is 23.3 Å². The van der Waals surface area contributed by atoms with Gasteiger partial charge in [-0.25, -0.2) is 4.39 Å². The summed E-state index contributed by atoms with van der Waals surface area (Å²) in [4.78, 5) is 30.0. The van der Waals surface area contributed by atoms with Crippen LogP contribution in [0.25, 0.3) is 5.57 Å². The van der Waals surface area contributed by atoms with E-state index >= 15 is 0 Å². The van der Waals surface area contributed by atoms with Gasteiger partial charge in [-0.05, 0) is 54.3 Å². The molecule has 2 aromatic carbocycles. The zero-order valence-corrected chi connectivity index (χ0v) is 16.2. The van der Waals surface area contributed by atoms with Crippen LogP contribution in [0, 0.1) is 5.82 Å². The topological polar surface area (TPSA) is 53.8 Å². The highest BCUT2D eigenvalue weighted by molar-refractivity contribution is 6.36. The number of carbonyl (C=O) groups excluding carboxylic acids is 2. The Morgan fingerprint density at radius 2 is 1.73 bits per heavy atom. The zero-order chi connectivity index (χ0) is 20.7. The molecule has 0 N–H and O–H groups in total. The fourth-order valence-corrected chi connectivity index (χ4v) is 4.16. The van der Waals surface area contributed by atoms with Crippen LogP contribution in [0.1, 0.15) is 23.3 Å². The molecule has 3 aromatic rings. The number of aryl methyl sites for hydroxylation is 1. The molecule has 6 heteroatoms. The molecule has 0 saturated carbocycles. The number of para-hydroxylation sites is 1. The van der Waals surface area contributed by atoms with Gasteiger partial charge in [0.2, 0.25) is 0 Å². The minimum Gasteiger partial charge on any atom is -0.467 e. The van der Waals surface area contributed by atoms with Crippen LogP contribution in [-0.4, -0.2) is 23.3 Å². The van der Waals surface area contributed by atoms with Crippen molar-refractivity contribution in [2.24, 2.45) is 0 Å². The summed E-state index contributed by atoms with van der Waals surface area (Å²) in [6, 6.07) is 17.1. The third kappa shape index (κ3) is 3.01. The van der Waals surface area contributed by atoms with Crippen LogP contribution in [0.15, 0.2) is 77.0 Å². The van der Waals surface area contributed by atoms with Crippen molar-refractivity contribution in [3.63, 3.8) is 0 Å². The third-order valence-corrected chi connectivity index (χ3v) is 5.55. The number of nitrogens with zero attached hydrogens (tertiary/aromatic N) is 2. The third-order valence-electron chi connectivity index (χ3n) is 5.55. The summed E-state index contributed by atoms with van der Waals surface area (Å²) in [5.41, 5.74) is 3.22. The number of furan rings is 1. The molecule has 0 fully saturated rings. The van der Waals surface area contributed by atoms with Gasteiger partial charge in [0.05, 0.1) is 18.4 Å². The first-order chi connectivity index (χ1) is 14.6. The lowest BCUT2D eigenvalue weighted by Gasteiger charge is -2.32. The second kappa shape index (κ2) is 7.30. The van der Waals surface area contributed by atoms with Crippen LogP contribution in [0.3, 0.4) is 0 Å². The van der Waals surface area contributed by atoms with Crippen LogP contribution in [0.2, 0.25) is 0 Å². The number of amides is 2. The highest BCUT2D eigenvalue weighted by Crippen LogP contribution is 2.38. The lowest BCUT2D eigenvalue weighted by Crippen LogP contribution is -2.36. The van der Waals surface area contributed by atoms with Crippen molar-refractivity contribution in [3.05, 3.63) is 95.3 Å². The number of carbonyl (C=O) groups is 2. The van der Waals surface area contributed by atoms with E-state index in [4.69, 9.17) is 4.42 Å². The minimum absolute atomic E-state index is 0.0499. The summed E-state index contributed by atoms with van der Waals surface area (Å²) in [5.74, 6) is -0.641. The van der Waals surface area contributed by atoms with Crippen molar-refractivity contribution in [1.82, 2.24) is 4.90 Å². The lowest BCUT2D eigenvalue weighted by atomic mass is 9.98. The van der Waals surface area contributed by atoms with E-state index in [1.807, 2.05) is 29.2 Å². The smallest absolute Gasteiger partial charge is 0.278 e. The van der Waals surface area contributed by atoms with E-state index in [2.05, 4.69) is 0 Å². The second-order valence-corrected chi connectivity index (χ2v) is 7.39. The van der Waals surface area contributed by atoms with Gasteiger partial charge in [0.25, 0.3) is 11.8 Å². The Labute approximate surface area is 173 Å². The Balaban J connectivity index is 1.64. The van der Waals surface area contributed by atoms with Crippen molar-refractivity contribution in [2.45, 2.75) is 19.4 Å². The predicted octanol–water partition coefficient (Wildman–Crippen LogP) is 4.15. The van der Waals surface area contributed by atoms with Crippen molar-refractivity contribution < 1.29 is 18.4 Å². The molecule has 0 aliphatic carbocycles. The number of halogens is 1. The molecule has 2 amide bonds. The molecule has 30 heavy (non-hydrogen) atoms. The van der Waals surface area contributed by atoms with Crippen molar-refractivity contribution in [2.75, 3.05) is 11.4 Å². The largest absolute Gasteiger partial charge is 0.467 e. The predicted molar refractivity (Wildman–Crippen MR) is 110 cm³/mol. The van der Waals surface area contributed by atoms with Gasteiger partial charge >= 0.3 is 0 Å². The number of anilines is 1. The van der Waals surface area contributed by atoms with E-state index in [9.17, 15) is 14.0 Å². The molecule has 0 atom stereocenters. The average molecular weight is 402 g/mol. The van der Waals surface area contributed by atoms with E-state index in [0.717, 1.165) is 24.1 Å². The van der Waals surface area contributed by atoms with Crippen LogP contribution in [0.4, 0.5) is 10.1 Å². The monoisotopic (exact) mass is 402 g/mol. The number of hydrogen-bond acceptors (Lipinski definition) is 4. The molecule has 0 radical (unpaired) electrons. The summed E-state index contributed by atoms with van der Waals surface area (Å²) in [7, 11) is 0. The Hall–Kier alpha value is -3.67. The first kappa shape index (κ1) is 18.4. The second-order valence-electron chi connectivity index (χ2n) is 7.39. The fourth-order valence-electron chi connectivity index (χ4n) is 4.16. The van der Waals surface area contributed by atoms with Gasteiger partial charge in [-0.3, -0.25) is 14.5 Å². The summed E-state index contributed by atoms with van der Waals surface area (Å²) < 4.78 is 18.9. The van der Waals surface area contributed by atoms with Gasteiger partial charge in [-0.15, -0.1) is 0 Å². The van der Waals surface area contributed by atoms with Crippen LogP contribution in [-0.2, 0) is 22.6 Å². The van der Waals surface area contributed by atoms with E-state index in [1.54, 1.807) is 24.3 Å². The molecule has 2 aliphatic rings. The standard InChI is InChI=1S/C24H19FN2O3/c25-18-11-9-17(10-12-18)21-22(26-13-3-6-16-5-1-2-8-20(16)26)24(29)27(23(21)28)15-19-7-4-14-30-19/h1-2,4-5,7-12,14H,3,6,13,15H2. The van der Waals surface area contributed by atoms with Gasteiger partial charge in [0.1, 0.15) is 17.3 Å². The van der Waals surface area contributed by atoms with Crippen LogP contribution >= 0.6 is 0 Å². The number of fused-ring (bicyclic) bond motifs is 1. The van der Waals surface area contributed by atoms with Gasteiger partial charge in [0, 0.05) is 12.2 Å². The van der Waals surface area contributed by atoms with Crippen molar-refractivity contribution in [3.8, 4) is 0 Å². The zero-order valence-electron chi connectivity index (χ0n) is 16.2. The van der Waals surface area contributed by atoms with E-state index in [0.29, 0.717) is 29.1 Å². The van der Waals surface area contributed by atoms with E-state index < -0.39 is 11.7 Å². The molecule has 0 spiro atoms. The molecule has 0 unspecified atom stereocenters. The highest BCUT2D eigenvalue weighted by Gasteiger charge is 2.43. The normalized spacial score (nSPS) is 16.4. The lowest BCUT2D eigenvalue weighted by molar-refractivity contribution is -0.137. The fraction of sp³-hybridized carbons (Fsp3) is 0.167. The number of hydrogen-bond donors (Lipinski definition) is 0. The summed E-state index contributed by atoms with van der Waals surface area (Å²) in [5, 5.41) is 0. The minimum atomic E-state index is -0.402. The summed E-state index contributed by atoms with van der Waals surface area (Å²) in [6.07, 6.45) is 3.30. The maximum Gasteiger partial charge on any atom is 0.278 e. The van der Waals surface area contributed by atoms with Crippen molar-refractivity contribution >= 4 is 23.1 Å². The molecule has 0 saturated heterocycles. The SMILES string of the molecule is O=C1C(c2ccc(F)cc2)=C(N2CCCc3ccccc32)C(=O)N1Cc1ccco1. The summed E-state index contributed by atoms with van der Waals surface area (Å²) in [6.45, 7) is 0.680. The number of rotatable bonds is 4. The van der Waals surface area contributed by atoms with Gasteiger partial charge in [-0.1, -0.05) is 30.3 Å².